The van der Waals surface area contributed by atoms with Crippen molar-refractivity contribution in [2.75, 3.05) is 19.6 Å². The molecular formula is C17H25Cl2N5. The van der Waals surface area contributed by atoms with Gasteiger partial charge in [-0.3, -0.25) is 14.6 Å². The predicted molar refractivity (Wildman–Crippen MR) is 99.9 cm³/mol. The van der Waals surface area contributed by atoms with Crippen LogP contribution in [0.25, 0.3) is 0 Å². The van der Waals surface area contributed by atoms with Crippen LogP contribution in [-0.4, -0.2) is 39.3 Å². The first-order valence-electron chi connectivity index (χ1n) is 8.27. The first-order chi connectivity index (χ1) is 10.9. The lowest BCUT2D eigenvalue weighted by atomic mass is 9.90. The van der Waals surface area contributed by atoms with Gasteiger partial charge in [-0.25, -0.2) is 0 Å². The molecule has 2 aromatic rings. The molecule has 0 aliphatic carbocycles. The Balaban J connectivity index is 0.00000104. The fourth-order valence-corrected chi connectivity index (χ4v) is 3.62. The molecule has 5 nitrogen and oxygen atoms in total. The van der Waals surface area contributed by atoms with Gasteiger partial charge in [-0.2, -0.15) is 5.10 Å². The molecule has 0 spiro atoms. The van der Waals surface area contributed by atoms with Gasteiger partial charge in [-0.05, 0) is 55.6 Å². The number of halogens is 2. The zero-order chi connectivity index (χ0) is 14.8. The molecule has 0 radical (unpaired) electrons. The van der Waals surface area contributed by atoms with E-state index in [0.29, 0.717) is 5.92 Å². The van der Waals surface area contributed by atoms with Crippen molar-refractivity contribution in [1.29, 1.82) is 0 Å². The number of nitrogens with one attached hydrogen (secondary N) is 1. The van der Waals surface area contributed by atoms with Gasteiger partial charge in [0, 0.05) is 32.0 Å². The van der Waals surface area contributed by atoms with E-state index in [0.717, 1.165) is 39.3 Å². The van der Waals surface area contributed by atoms with E-state index >= 15 is 0 Å². The van der Waals surface area contributed by atoms with Crippen molar-refractivity contribution in [3.63, 3.8) is 0 Å². The third-order valence-corrected chi connectivity index (χ3v) is 4.87. The van der Waals surface area contributed by atoms with Gasteiger partial charge < -0.3 is 5.32 Å². The van der Waals surface area contributed by atoms with Crippen molar-refractivity contribution >= 4 is 24.8 Å². The Morgan fingerprint density at radius 1 is 1.08 bits per heavy atom. The summed E-state index contributed by atoms with van der Waals surface area (Å²) in [5, 5.41) is 8.15. The summed E-state index contributed by atoms with van der Waals surface area (Å²) in [4.78, 5) is 6.66. The summed E-state index contributed by atoms with van der Waals surface area (Å²) in [6, 6.07) is 6.59. The topological polar surface area (TPSA) is 46.0 Å². The van der Waals surface area contributed by atoms with Gasteiger partial charge in [0.1, 0.15) is 0 Å². The van der Waals surface area contributed by atoms with Crippen LogP contribution >= 0.6 is 24.8 Å². The van der Waals surface area contributed by atoms with Gasteiger partial charge >= 0.3 is 0 Å². The lowest BCUT2D eigenvalue weighted by Crippen LogP contribution is -2.32. The van der Waals surface area contributed by atoms with E-state index in [4.69, 9.17) is 5.10 Å². The van der Waals surface area contributed by atoms with E-state index in [2.05, 4.69) is 38.1 Å². The fraction of sp³-hybridized carbons (Fsp3) is 0.529. The predicted octanol–water partition coefficient (Wildman–Crippen LogP) is 2.60. The van der Waals surface area contributed by atoms with Crippen LogP contribution in [0.4, 0.5) is 0 Å². The number of likely N-dealkylation sites (tertiary alicyclic amines) is 1. The van der Waals surface area contributed by atoms with Crippen LogP contribution in [0.15, 0.2) is 30.6 Å². The molecule has 4 heterocycles. The minimum Gasteiger partial charge on any atom is -0.309 e. The number of nitrogens with zero attached hydrogens (tertiary/aromatic N) is 4. The Bertz CT molecular complexity index is 600. The molecule has 0 bridgehead atoms. The molecule has 0 saturated carbocycles. The molecule has 24 heavy (non-hydrogen) atoms. The minimum absolute atomic E-state index is 0. The van der Waals surface area contributed by atoms with Crippen molar-refractivity contribution < 1.29 is 0 Å². The lowest BCUT2D eigenvalue weighted by Gasteiger charge is -2.31. The molecule has 7 heteroatoms. The van der Waals surface area contributed by atoms with Crippen molar-refractivity contribution in [2.24, 2.45) is 0 Å². The van der Waals surface area contributed by atoms with E-state index in [1.807, 2.05) is 12.4 Å². The highest BCUT2D eigenvalue weighted by Gasteiger charge is 2.21. The Morgan fingerprint density at radius 3 is 2.54 bits per heavy atom. The zero-order valence-electron chi connectivity index (χ0n) is 13.7. The molecule has 2 aliphatic heterocycles. The summed E-state index contributed by atoms with van der Waals surface area (Å²) in [5.41, 5.74) is 3.99. The van der Waals surface area contributed by atoms with E-state index < -0.39 is 0 Å². The third-order valence-electron chi connectivity index (χ3n) is 4.87. The minimum atomic E-state index is 0. The van der Waals surface area contributed by atoms with Gasteiger partial charge in [0.2, 0.25) is 0 Å². The van der Waals surface area contributed by atoms with Crippen molar-refractivity contribution in [1.82, 2.24) is 25.0 Å². The molecule has 2 aliphatic rings. The molecule has 2 aromatic heterocycles. The van der Waals surface area contributed by atoms with Crippen LogP contribution in [0.1, 0.15) is 35.7 Å². The second kappa shape index (κ2) is 8.81. The average molecular weight is 370 g/mol. The maximum absolute atomic E-state index is 4.75. The highest BCUT2D eigenvalue weighted by atomic mass is 35.5. The van der Waals surface area contributed by atoms with Crippen LogP contribution in [0, 0.1) is 0 Å². The number of rotatable bonds is 3. The van der Waals surface area contributed by atoms with Crippen LogP contribution in [0.3, 0.4) is 0 Å². The van der Waals surface area contributed by atoms with Crippen molar-refractivity contribution in [2.45, 2.75) is 38.4 Å². The fourth-order valence-electron chi connectivity index (χ4n) is 3.62. The van der Waals surface area contributed by atoms with Crippen LogP contribution < -0.4 is 5.32 Å². The highest BCUT2D eigenvalue weighted by Crippen LogP contribution is 2.28. The molecule has 1 fully saturated rings. The Labute approximate surface area is 155 Å². The maximum atomic E-state index is 4.75. The molecule has 1 saturated heterocycles. The second-order valence-corrected chi connectivity index (χ2v) is 6.36. The number of aromatic nitrogens is 3. The maximum Gasteiger partial charge on any atom is 0.0768 e. The largest absolute Gasteiger partial charge is 0.309 e. The van der Waals surface area contributed by atoms with Crippen LogP contribution in [0.5, 0.6) is 0 Å². The first kappa shape index (κ1) is 19.2. The molecule has 0 aromatic carbocycles. The molecule has 132 valence electrons. The summed E-state index contributed by atoms with van der Waals surface area (Å²) in [6.07, 6.45) is 6.29. The van der Waals surface area contributed by atoms with Gasteiger partial charge in [0.25, 0.3) is 0 Å². The zero-order valence-corrected chi connectivity index (χ0v) is 15.4. The van der Waals surface area contributed by atoms with Gasteiger partial charge in [0.05, 0.1) is 17.9 Å². The second-order valence-electron chi connectivity index (χ2n) is 6.36. The Hall–Kier alpha value is -1.14. The number of pyridine rings is 1. The third kappa shape index (κ3) is 4.28. The summed E-state index contributed by atoms with van der Waals surface area (Å²) in [6.45, 7) is 6.30. The van der Waals surface area contributed by atoms with Gasteiger partial charge in [0.15, 0.2) is 0 Å². The normalized spacial score (nSPS) is 18.3. The lowest BCUT2D eigenvalue weighted by molar-refractivity contribution is 0.202. The molecule has 0 atom stereocenters. The van der Waals surface area contributed by atoms with Crippen LogP contribution in [0.2, 0.25) is 0 Å². The molecular weight excluding hydrogens is 345 g/mol. The van der Waals surface area contributed by atoms with E-state index in [9.17, 15) is 0 Å². The molecule has 1 N–H and O–H groups in total. The van der Waals surface area contributed by atoms with Gasteiger partial charge in [-0.1, -0.05) is 0 Å². The Kier molecular flexibility index (Phi) is 7.04. The molecule has 0 amide bonds. The number of hydrogen-bond acceptors (Lipinski definition) is 4. The summed E-state index contributed by atoms with van der Waals surface area (Å²) in [7, 11) is 0. The number of hydrogen-bond donors (Lipinski definition) is 1. The number of fused-ring (bicyclic) bond motifs is 1. The van der Waals surface area contributed by atoms with E-state index in [1.54, 1.807) is 0 Å². The molecule has 0 unspecified atom stereocenters. The van der Waals surface area contributed by atoms with Crippen molar-refractivity contribution in [3.05, 3.63) is 47.5 Å². The summed E-state index contributed by atoms with van der Waals surface area (Å²) >= 11 is 0. The number of piperidine rings is 1. The van der Waals surface area contributed by atoms with E-state index in [-0.39, 0.29) is 24.8 Å². The Morgan fingerprint density at radius 2 is 1.83 bits per heavy atom. The average Bonchev–Trinajstić information content (AvgIpc) is 2.98. The summed E-state index contributed by atoms with van der Waals surface area (Å²) < 4.78 is 2.16. The van der Waals surface area contributed by atoms with Crippen molar-refractivity contribution in [3.8, 4) is 0 Å². The smallest absolute Gasteiger partial charge is 0.0768 e. The highest BCUT2D eigenvalue weighted by molar-refractivity contribution is 5.85. The SMILES string of the molecule is Cl.Cl.c1cc(C2CCN(Cc3cc4n(n3)CCNC4)CC2)ccn1. The quantitative estimate of drug-likeness (QED) is 0.902. The molecule has 4 rings (SSSR count). The summed E-state index contributed by atoms with van der Waals surface area (Å²) in [5.74, 6) is 0.693. The standard InChI is InChI=1S/C17H23N5.2ClH/c1-5-18-6-2-14(1)15-3-8-21(9-4-15)13-16-11-17-12-19-7-10-22(17)20-16;;/h1-2,5-6,11,15,19H,3-4,7-10,12-13H2;2*1H. The van der Waals surface area contributed by atoms with Gasteiger partial charge in [-0.15, -0.1) is 24.8 Å². The monoisotopic (exact) mass is 369 g/mol. The first-order valence-corrected chi connectivity index (χ1v) is 8.27. The van der Waals surface area contributed by atoms with Crippen LogP contribution in [-0.2, 0) is 19.6 Å². The van der Waals surface area contributed by atoms with E-state index in [1.165, 1.54) is 29.8 Å².